The number of para-hydroxylation sites is 1. The molecule has 11 nitrogen and oxygen atoms in total. The molecule has 1 fully saturated rings. The normalized spacial score (nSPS) is 18.1. The van der Waals surface area contributed by atoms with Gasteiger partial charge in [0, 0.05) is 5.56 Å². The molecule has 12 heteroatoms. The minimum atomic E-state index is -1.89. The number of rotatable bonds is 12. The molecule has 3 heterocycles. The van der Waals surface area contributed by atoms with Crippen LogP contribution in [0.4, 0.5) is 15.9 Å². The Labute approximate surface area is 322 Å². The highest BCUT2D eigenvalue weighted by Gasteiger charge is 2.48. The van der Waals surface area contributed by atoms with Gasteiger partial charge in [0.1, 0.15) is 35.6 Å². The van der Waals surface area contributed by atoms with Crippen molar-refractivity contribution in [2.24, 2.45) is 0 Å². The summed E-state index contributed by atoms with van der Waals surface area (Å²) in [4.78, 5) is 28.9. The highest BCUT2D eigenvalue weighted by atomic mass is 19.1. The summed E-state index contributed by atoms with van der Waals surface area (Å²) in [6, 6.07) is 42.6. The lowest BCUT2D eigenvalue weighted by atomic mass is 9.80. The highest BCUT2D eigenvalue weighted by Crippen LogP contribution is 2.43. The fourth-order valence-corrected chi connectivity index (χ4v) is 7.16. The first-order valence-corrected chi connectivity index (χ1v) is 18.0. The van der Waals surface area contributed by atoms with E-state index in [9.17, 15) is 9.90 Å². The van der Waals surface area contributed by atoms with Gasteiger partial charge in [-0.1, -0.05) is 91.0 Å². The first-order valence-electron chi connectivity index (χ1n) is 18.0. The van der Waals surface area contributed by atoms with E-state index in [1.807, 2.05) is 103 Å². The average Bonchev–Trinajstić information content (AvgIpc) is 3.82. The molecule has 2 aromatic heterocycles. The number of imidazole rings is 1. The summed E-state index contributed by atoms with van der Waals surface area (Å²) in [5.74, 6) is 1.20. The van der Waals surface area contributed by atoms with Gasteiger partial charge in [-0.25, -0.2) is 19.3 Å². The molecule has 1 amide bonds. The summed E-state index contributed by atoms with van der Waals surface area (Å²) in [6.07, 6.45) is -3.21. The van der Waals surface area contributed by atoms with E-state index in [1.54, 1.807) is 50.6 Å². The summed E-state index contributed by atoms with van der Waals surface area (Å²) < 4.78 is 41.9. The number of anilines is 2. The predicted octanol–water partition coefficient (Wildman–Crippen LogP) is 7.43. The molecular formula is C44H38FN5O6. The molecule has 0 saturated carbocycles. The van der Waals surface area contributed by atoms with Crippen molar-refractivity contribution in [3.8, 4) is 11.5 Å². The molecule has 0 spiro atoms. The number of methoxy groups -OCH3 is 2. The topological polar surface area (TPSA) is 121 Å². The van der Waals surface area contributed by atoms with Crippen LogP contribution in [-0.4, -0.2) is 69.7 Å². The zero-order chi connectivity index (χ0) is 38.6. The Bertz CT molecular complexity index is 2350. The van der Waals surface area contributed by atoms with E-state index >= 15 is 4.39 Å². The quantitative estimate of drug-likeness (QED) is 0.127. The smallest absolute Gasteiger partial charge is 0.264 e. The fourth-order valence-electron chi connectivity index (χ4n) is 7.16. The van der Waals surface area contributed by atoms with Crippen molar-refractivity contribution in [1.29, 1.82) is 0 Å². The molecule has 8 rings (SSSR count). The molecule has 0 bridgehead atoms. The molecule has 1 aliphatic heterocycles. The Morgan fingerprint density at radius 1 is 0.768 bits per heavy atom. The van der Waals surface area contributed by atoms with E-state index in [2.05, 4.69) is 15.0 Å². The minimum Gasteiger partial charge on any atom is -0.497 e. The highest BCUT2D eigenvalue weighted by molar-refractivity contribution is 6.13. The van der Waals surface area contributed by atoms with Gasteiger partial charge in [0.25, 0.3) is 5.91 Å². The van der Waals surface area contributed by atoms with E-state index < -0.39 is 30.2 Å². The fraction of sp³-hybridized carbons (Fsp3) is 0.182. The zero-order valence-electron chi connectivity index (χ0n) is 30.6. The summed E-state index contributed by atoms with van der Waals surface area (Å²) in [5, 5.41) is 11.4. The molecule has 5 aromatic carbocycles. The minimum absolute atomic E-state index is 0.203. The third kappa shape index (κ3) is 6.64. The lowest BCUT2D eigenvalue weighted by molar-refractivity contribution is -0.0935. The summed E-state index contributed by atoms with van der Waals surface area (Å²) in [5.41, 5.74) is 2.58. The van der Waals surface area contributed by atoms with Crippen LogP contribution in [0.5, 0.6) is 11.5 Å². The summed E-state index contributed by atoms with van der Waals surface area (Å²) in [6.45, 7) is -0.203. The van der Waals surface area contributed by atoms with E-state index in [0.29, 0.717) is 22.7 Å². The molecule has 1 saturated heterocycles. The van der Waals surface area contributed by atoms with Gasteiger partial charge < -0.3 is 24.1 Å². The van der Waals surface area contributed by atoms with Crippen molar-refractivity contribution in [2.75, 3.05) is 25.7 Å². The van der Waals surface area contributed by atoms with Gasteiger partial charge >= 0.3 is 0 Å². The van der Waals surface area contributed by atoms with Crippen molar-refractivity contribution >= 4 is 28.6 Å². The first kappa shape index (κ1) is 36.5. The van der Waals surface area contributed by atoms with Crippen molar-refractivity contribution < 1.29 is 33.2 Å². The van der Waals surface area contributed by atoms with Gasteiger partial charge in [-0.05, 0) is 65.2 Å². The number of hydrogen-bond donors (Lipinski definition) is 1. The lowest BCUT2D eigenvalue weighted by Crippen LogP contribution is -2.39. The number of halogens is 1. The SMILES string of the molecule is COc1ccc(C(OC[C@H]2O[C@@H](n3cnc4c(N(C(=O)c5ccccc5)c5ccccc5)ncnc43)[C@H](F)[C@@H]2O)(c2ccccc2)c2ccc(OC)cc2)cc1. The third-order valence-corrected chi connectivity index (χ3v) is 9.99. The van der Waals surface area contributed by atoms with Crippen molar-refractivity contribution in [1.82, 2.24) is 19.5 Å². The van der Waals surface area contributed by atoms with E-state index in [-0.39, 0.29) is 29.5 Å². The predicted molar refractivity (Wildman–Crippen MR) is 208 cm³/mol. The number of fused-ring (bicyclic) bond motifs is 1. The maximum atomic E-state index is 16.3. The molecule has 1 aliphatic rings. The molecule has 7 aromatic rings. The van der Waals surface area contributed by atoms with Crippen molar-refractivity contribution in [2.45, 2.75) is 30.2 Å². The number of alkyl halides is 1. The second-order valence-corrected chi connectivity index (χ2v) is 13.2. The molecule has 282 valence electrons. The lowest BCUT2D eigenvalue weighted by Gasteiger charge is -2.37. The Morgan fingerprint density at radius 2 is 1.32 bits per heavy atom. The van der Waals surface area contributed by atoms with Gasteiger partial charge in [0.15, 0.2) is 29.4 Å². The van der Waals surface area contributed by atoms with E-state index in [4.69, 9.17) is 18.9 Å². The number of aliphatic hydroxyl groups is 1. The van der Waals surface area contributed by atoms with Crippen LogP contribution in [0.15, 0.2) is 152 Å². The van der Waals surface area contributed by atoms with Crippen LogP contribution in [-0.2, 0) is 15.1 Å². The number of amides is 1. The number of carbonyl (C=O) groups is 1. The largest absolute Gasteiger partial charge is 0.497 e. The Hall–Kier alpha value is -6.47. The second-order valence-electron chi connectivity index (χ2n) is 13.2. The molecule has 0 unspecified atom stereocenters. The number of hydrogen-bond acceptors (Lipinski definition) is 9. The third-order valence-electron chi connectivity index (χ3n) is 9.99. The molecule has 0 aliphatic carbocycles. The van der Waals surface area contributed by atoms with Crippen molar-refractivity contribution in [3.63, 3.8) is 0 Å². The van der Waals surface area contributed by atoms with Gasteiger partial charge in [0.2, 0.25) is 0 Å². The Kier molecular flexibility index (Phi) is 10.2. The van der Waals surface area contributed by atoms with Crippen LogP contribution in [0.2, 0.25) is 0 Å². The second kappa shape index (κ2) is 15.7. The van der Waals surface area contributed by atoms with E-state index in [0.717, 1.165) is 16.7 Å². The number of carbonyl (C=O) groups excluding carboxylic acids is 1. The number of aliphatic hydroxyl groups excluding tert-OH is 1. The number of benzene rings is 5. The van der Waals surface area contributed by atoms with Crippen LogP contribution >= 0.6 is 0 Å². The molecule has 1 N–H and O–H groups in total. The van der Waals surface area contributed by atoms with Crippen LogP contribution < -0.4 is 14.4 Å². The van der Waals surface area contributed by atoms with Gasteiger partial charge in [-0.15, -0.1) is 0 Å². The molecule has 56 heavy (non-hydrogen) atoms. The molecule has 4 atom stereocenters. The maximum absolute atomic E-state index is 16.3. The molecular weight excluding hydrogens is 714 g/mol. The van der Waals surface area contributed by atoms with Crippen LogP contribution in [0, 0.1) is 0 Å². The van der Waals surface area contributed by atoms with Gasteiger partial charge in [-0.3, -0.25) is 14.3 Å². The number of nitrogens with zero attached hydrogens (tertiary/aromatic N) is 5. The number of aromatic nitrogens is 4. The zero-order valence-corrected chi connectivity index (χ0v) is 30.6. The Morgan fingerprint density at radius 3 is 1.91 bits per heavy atom. The summed E-state index contributed by atoms with van der Waals surface area (Å²) in [7, 11) is 3.20. The van der Waals surface area contributed by atoms with Crippen LogP contribution in [0.3, 0.4) is 0 Å². The van der Waals surface area contributed by atoms with Gasteiger partial charge in [-0.2, -0.15) is 0 Å². The van der Waals surface area contributed by atoms with E-state index in [1.165, 1.54) is 22.1 Å². The monoisotopic (exact) mass is 751 g/mol. The number of ether oxygens (including phenoxy) is 4. The standard InChI is InChI=1S/C44H38FN5O6/c1-53-34-22-18-31(19-23-34)44(30-14-8-4-9-15-30,32-20-24-35(54-2)25-21-32)55-26-36-39(51)37(45)43(56-36)49-28-48-38-40(49)46-27-47-41(38)50(33-16-10-5-11-17-33)42(52)29-12-6-3-7-13-29/h3-25,27-28,36-37,39,43,51H,26H2,1-2H3/t36-,37-,39-,43-/m1/s1. The Balaban J connectivity index is 1.14. The first-order chi connectivity index (χ1) is 27.4. The summed E-state index contributed by atoms with van der Waals surface area (Å²) >= 11 is 0. The van der Waals surface area contributed by atoms with Crippen molar-refractivity contribution in [3.05, 3.63) is 174 Å². The maximum Gasteiger partial charge on any atom is 0.264 e. The average molecular weight is 752 g/mol. The van der Waals surface area contributed by atoms with Crippen LogP contribution in [0.1, 0.15) is 33.3 Å². The van der Waals surface area contributed by atoms with Crippen LogP contribution in [0.25, 0.3) is 11.2 Å². The van der Waals surface area contributed by atoms with Gasteiger partial charge in [0.05, 0.1) is 32.8 Å². The molecule has 0 radical (unpaired) electrons.